The Labute approximate surface area is 136 Å². The van der Waals surface area contributed by atoms with E-state index in [1.165, 1.54) is 5.56 Å². The summed E-state index contributed by atoms with van der Waals surface area (Å²) in [5.74, 6) is 1.50. The van der Waals surface area contributed by atoms with Gasteiger partial charge < -0.3 is 4.74 Å². The van der Waals surface area contributed by atoms with Crippen LogP contribution in [0.1, 0.15) is 23.2 Å². The Morgan fingerprint density at radius 2 is 1.57 bits per heavy atom. The van der Waals surface area contributed by atoms with Crippen LogP contribution in [0, 0.1) is 0 Å². The first kappa shape index (κ1) is 13.9. The van der Waals surface area contributed by atoms with Crippen LogP contribution in [0.25, 0.3) is 11.4 Å². The van der Waals surface area contributed by atoms with E-state index in [0.717, 1.165) is 47.8 Å². The molecule has 0 radical (unpaired) electrons. The Morgan fingerprint density at radius 3 is 2.35 bits per heavy atom. The van der Waals surface area contributed by atoms with Crippen molar-refractivity contribution in [2.45, 2.75) is 25.9 Å². The summed E-state index contributed by atoms with van der Waals surface area (Å²) in [4.78, 5) is 9.44. The van der Waals surface area contributed by atoms with Crippen molar-refractivity contribution in [2.24, 2.45) is 0 Å². The summed E-state index contributed by atoms with van der Waals surface area (Å²) in [6.07, 6.45) is 3.15. The minimum atomic E-state index is 0.540. The number of ether oxygens (including phenoxy) is 1. The van der Waals surface area contributed by atoms with Crippen LogP contribution in [0.15, 0.2) is 60.7 Å². The van der Waals surface area contributed by atoms with Gasteiger partial charge in [-0.2, -0.15) is 4.98 Å². The number of nitrogens with zero attached hydrogens (tertiary/aromatic N) is 2. The van der Waals surface area contributed by atoms with Crippen molar-refractivity contribution in [1.29, 1.82) is 0 Å². The van der Waals surface area contributed by atoms with E-state index in [-0.39, 0.29) is 0 Å². The number of fused-ring (bicyclic) bond motifs is 1. The van der Waals surface area contributed by atoms with Crippen LogP contribution in [0.5, 0.6) is 5.88 Å². The van der Waals surface area contributed by atoms with Crippen molar-refractivity contribution in [3.63, 3.8) is 0 Å². The summed E-state index contributed by atoms with van der Waals surface area (Å²) in [5, 5.41) is 0. The summed E-state index contributed by atoms with van der Waals surface area (Å²) in [6.45, 7) is 0.540. The average Bonchev–Trinajstić information content (AvgIpc) is 3.10. The third-order valence-electron chi connectivity index (χ3n) is 4.15. The fourth-order valence-corrected chi connectivity index (χ4v) is 2.96. The highest BCUT2D eigenvalue weighted by atomic mass is 16.5. The number of rotatable bonds is 4. The van der Waals surface area contributed by atoms with E-state index < -0.39 is 0 Å². The maximum atomic E-state index is 6.05. The van der Waals surface area contributed by atoms with Crippen LogP contribution in [0.2, 0.25) is 0 Å². The lowest BCUT2D eigenvalue weighted by Gasteiger charge is -2.11. The zero-order chi connectivity index (χ0) is 15.5. The molecule has 0 unspecified atom stereocenters. The molecule has 2 aromatic carbocycles. The molecule has 0 fully saturated rings. The van der Waals surface area contributed by atoms with Gasteiger partial charge in [0.25, 0.3) is 0 Å². The molecule has 4 rings (SSSR count). The molecule has 0 saturated carbocycles. The first-order valence-electron chi connectivity index (χ1n) is 8.02. The molecule has 3 aromatic rings. The van der Waals surface area contributed by atoms with Crippen LogP contribution in [0.3, 0.4) is 0 Å². The molecule has 0 atom stereocenters. The van der Waals surface area contributed by atoms with Gasteiger partial charge in [-0.05, 0) is 24.8 Å². The van der Waals surface area contributed by atoms with E-state index in [4.69, 9.17) is 14.7 Å². The van der Waals surface area contributed by atoms with E-state index in [1.807, 2.05) is 48.5 Å². The maximum absolute atomic E-state index is 6.05. The SMILES string of the molecule is c1ccc(COc2nc(-c3ccccc3)nc3c2CCC3)cc1. The lowest BCUT2D eigenvalue weighted by molar-refractivity contribution is 0.290. The molecular weight excluding hydrogens is 284 g/mol. The highest BCUT2D eigenvalue weighted by Gasteiger charge is 2.21. The molecule has 1 aromatic heterocycles. The summed E-state index contributed by atoms with van der Waals surface area (Å²) in [6, 6.07) is 20.3. The normalized spacial score (nSPS) is 12.9. The van der Waals surface area contributed by atoms with Gasteiger partial charge in [-0.1, -0.05) is 60.7 Å². The summed E-state index contributed by atoms with van der Waals surface area (Å²) < 4.78 is 6.05. The van der Waals surface area contributed by atoms with Gasteiger partial charge in [-0.25, -0.2) is 4.98 Å². The Bertz CT molecular complexity index is 801. The van der Waals surface area contributed by atoms with Gasteiger partial charge in [0, 0.05) is 11.1 Å². The van der Waals surface area contributed by atoms with Crippen LogP contribution in [-0.2, 0) is 19.4 Å². The van der Waals surface area contributed by atoms with Gasteiger partial charge in [-0.3, -0.25) is 0 Å². The number of hydrogen-bond donors (Lipinski definition) is 0. The molecule has 1 aliphatic rings. The highest BCUT2D eigenvalue weighted by molar-refractivity contribution is 5.56. The lowest BCUT2D eigenvalue weighted by atomic mass is 10.2. The molecule has 0 saturated heterocycles. The van der Waals surface area contributed by atoms with Gasteiger partial charge in [0.2, 0.25) is 5.88 Å². The molecule has 0 aliphatic heterocycles. The minimum absolute atomic E-state index is 0.540. The molecule has 3 heteroatoms. The van der Waals surface area contributed by atoms with E-state index >= 15 is 0 Å². The molecule has 0 amide bonds. The summed E-state index contributed by atoms with van der Waals surface area (Å²) in [5.41, 5.74) is 4.51. The topological polar surface area (TPSA) is 35.0 Å². The third kappa shape index (κ3) is 2.95. The van der Waals surface area contributed by atoms with Crippen LogP contribution in [0.4, 0.5) is 0 Å². The second-order valence-corrected chi connectivity index (χ2v) is 5.77. The zero-order valence-electron chi connectivity index (χ0n) is 12.9. The quantitative estimate of drug-likeness (QED) is 0.724. The smallest absolute Gasteiger partial charge is 0.220 e. The number of benzene rings is 2. The van der Waals surface area contributed by atoms with Gasteiger partial charge in [0.15, 0.2) is 5.82 Å². The Morgan fingerprint density at radius 1 is 0.826 bits per heavy atom. The molecule has 1 aliphatic carbocycles. The second-order valence-electron chi connectivity index (χ2n) is 5.77. The molecule has 114 valence electrons. The van der Waals surface area contributed by atoms with Crippen molar-refractivity contribution in [3.05, 3.63) is 77.5 Å². The largest absolute Gasteiger partial charge is 0.472 e. The molecule has 1 heterocycles. The number of hydrogen-bond acceptors (Lipinski definition) is 3. The van der Waals surface area contributed by atoms with Crippen molar-refractivity contribution in [1.82, 2.24) is 9.97 Å². The molecule has 0 N–H and O–H groups in total. The van der Waals surface area contributed by atoms with Crippen LogP contribution >= 0.6 is 0 Å². The van der Waals surface area contributed by atoms with E-state index in [1.54, 1.807) is 0 Å². The lowest BCUT2D eigenvalue weighted by Crippen LogP contribution is -2.04. The predicted molar refractivity (Wildman–Crippen MR) is 90.3 cm³/mol. The first-order valence-corrected chi connectivity index (χ1v) is 8.02. The fourth-order valence-electron chi connectivity index (χ4n) is 2.96. The van der Waals surface area contributed by atoms with Crippen molar-refractivity contribution in [2.75, 3.05) is 0 Å². The van der Waals surface area contributed by atoms with Crippen LogP contribution < -0.4 is 4.74 Å². The fraction of sp³-hybridized carbons (Fsp3) is 0.200. The van der Waals surface area contributed by atoms with Crippen molar-refractivity contribution < 1.29 is 4.74 Å². The van der Waals surface area contributed by atoms with Gasteiger partial charge in [0.1, 0.15) is 6.61 Å². The first-order chi connectivity index (χ1) is 11.4. The number of aromatic nitrogens is 2. The molecular formula is C20H18N2O. The highest BCUT2D eigenvalue weighted by Crippen LogP contribution is 2.31. The Hall–Kier alpha value is -2.68. The van der Waals surface area contributed by atoms with Crippen molar-refractivity contribution >= 4 is 0 Å². The second kappa shape index (κ2) is 6.21. The minimum Gasteiger partial charge on any atom is -0.472 e. The van der Waals surface area contributed by atoms with Gasteiger partial charge >= 0.3 is 0 Å². The third-order valence-corrected chi connectivity index (χ3v) is 4.15. The van der Waals surface area contributed by atoms with Gasteiger partial charge in [-0.15, -0.1) is 0 Å². The van der Waals surface area contributed by atoms with E-state index in [2.05, 4.69) is 12.1 Å². The van der Waals surface area contributed by atoms with Crippen LogP contribution in [-0.4, -0.2) is 9.97 Å². The molecule has 3 nitrogen and oxygen atoms in total. The Kier molecular flexibility index (Phi) is 3.76. The summed E-state index contributed by atoms with van der Waals surface area (Å²) in [7, 11) is 0. The predicted octanol–water partition coefficient (Wildman–Crippen LogP) is 4.21. The van der Waals surface area contributed by atoms with Crippen molar-refractivity contribution in [3.8, 4) is 17.3 Å². The summed E-state index contributed by atoms with van der Waals surface area (Å²) >= 11 is 0. The molecule has 0 bridgehead atoms. The number of aryl methyl sites for hydroxylation is 1. The maximum Gasteiger partial charge on any atom is 0.220 e. The average molecular weight is 302 g/mol. The Balaban J connectivity index is 1.67. The molecule has 0 spiro atoms. The van der Waals surface area contributed by atoms with E-state index in [0.29, 0.717) is 6.61 Å². The standard InChI is InChI=1S/C20H18N2O/c1-3-8-15(9-4-1)14-23-20-17-12-7-13-18(17)21-19(22-20)16-10-5-2-6-11-16/h1-6,8-11H,7,12-14H2. The monoisotopic (exact) mass is 302 g/mol. The van der Waals surface area contributed by atoms with Gasteiger partial charge in [0.05, 0.1) is 5.69 Å². The molecule has 23 heavy (non-hydrogen) atoms. The van der Waals surface area contributed by atoms with E-state index in [9.17, 15) is 0 Å². The zero-order valence-corrected chi connectivity index (χ0v) is 12.9.